The van der Waals surface area contributed by atoms with Crippen LogP contribution in [0, 0.1) is 0 Å². The zero-order valence-electron chi connectivity index (χ0n) is 11.6. The number of hydrogen-bond donors (Lipinski definition) is 1. The van der Waals surface area contributed by atoms with E-state index in [1.807, 2.05) is 0 Å². The summed E-state index contributed by atoms with van der Waals surface area (Å²) in [6, 6.07) is 5.01. The lowest BCUT2D eigenvalue weighted by Crippen LogP contribution is -2.27. The molecule has 0 aliphatic carbocycles. The molecule has 0 fully saturated rings. The van der Waals surface area contributed by atoms with E-state index in [1.165, 1.54) is 12.4 Å². The largest absolute Gasteiger partial charge is 0.468 e. The molecule has 0 spiro atoms. The van der Waals surface area contributed by atoms with Gasteiger partial charge in [-0.3, -0.25) is 0 Å². The van der Waals surface area contributed by atoms with E-state index in [9.17, 15) is 8.42 Å². The first-order valence-corrected chi connectivity index (χ1v) is 7.90. The predicted octanol–water partition coefficient (Wildman–Crippen LogP) is 0.0116. The van der Waals surface area contributed by atoms with Crippen molar-refractivity contribution in [2.75, 3.05) is 6.61 Å². The van der Waals surface area contributed by atoms with Crippen LogP contribution in [0.25, 0.3) is 5.82 Å². The molecule has 1 unspecified atom stereocenters. The molecule has 2 aromatic rings. The maximum Gasteiger partial charge on any atom is 0.262 e. The highest BCUT2D eigenvalue weighted by atomic mass is 32.2. The third-order valence-electron chi connectivity index (χ3n) is 2.86. The molecule has 2 aromatic heterocycles. The second-order valence-electron chi connectivity index (χ2n) is 4.63. The van der Waals surface area contributed by atoms with Crippen LogP contribution in [0.3, 0.4) is 0 Å². The average Bonchev–Trinajstić information content (AvgIpc) is 2.93. The molecule has 0 amide bonds. The summed E-state index contributed by atoms with van der Waals surface area (Å²) in [5.41, 5.74) is 0.125. The normalized spacial score (nSPS) is 18.3. The van der Waals surface area contributed by atoms with Gasteiger partial charge in [-0.05, 0) is 24.2 Å². The van der Waals surface area contributed by atoms with E-state index >= 15 is 0 Å². The number of ether oxygens (including phenoxy) is 1. The molecule has 0 radical (unpaired) electrons. The standard InChI is InChI=1S/C12H13N5O4S/c1-8-7-20-16-11(21-8)9-6-15-17(12(9)22(13,18)19)10-4-2-3-5-14-10/h2-6,8H,7H2,1H3,(H2,13,18,19). The maximum atomic E-state index is 12.0. The van der Waals surface area contributed by atoms with Crippen LogP contribution in [-0.4, -0.2) is 41.8 Å². The lowest BCUT2D eigenvalue weighted by molar-refractivity contribution is 0.0194. The monoisotopic (exact) mass is 323 g/mol. The fourth-order valence-corrected chi connectivity index (χ4v) is 2.79. The summed E-state index contributed by atoms with van der Waals surface area (Å²) in [5.74, 6) is 0.327. The number of sulfonamides is 1. The van der Waals surface area contributed by atoms with E-state index in [1.54, 1.807) is 25.1 Å². The van der Waals surface area contributed by atoms with Crippen molar-refractivity contribution in [2.45, 2.75) is 18.1 Å². The first kappa shape index (κ1) is 14.5. The smallest absolute Gasteiger partial charge is 0.262 e. The van der Waals surface area contributed by atoms with Crippen LogP contribution in [0.4, 0.5) is 0 Å². The Bertz CT molecular complexity index is 815. The fraction of sp³-hybridized carbons (Fsp3) is 0.250. The summed E-state index contributed by atoms with van der Waals surface area (Å²) in [6.45, 7) is 2.05. The summed E-state index contributed by atoms with van der Waals surface area (Å²) in [5, 5.41) is 12.8. The first-order valence-electron chi connectivity index (χ1n) is 6.36. The highest BCUT2D eigenvalue weighted by Gasteiger charge is 2.29. The molecule has 22 heavy (non-hydrogen) atoms. The second-order valence-corrected chi connectivity index (χ2v) is 6.11. The summed E-state index contributed by atoms with van der Waals surface area (Å²) in [6.07, 6.45) is 2.55. The maximum absolute atomic E-state index is 12.0. The Balaban J connectivity index is 2.17. The van der Waals surface area contributed by atoms with Gasteiger partial charge in [0.15, 0.2) is 17.5 Å². The van der Waals surface area contributed by atoms with Gasteiger partial charge in [-0.15, -0.1) is 0 Å². The summed E-state index contributed by atoms with van der Waals surface area (Å²) in [4.78, 5) is 9.07. The Labute approximate surface area is 126 Å². The van der Waals surface area contributed by atoms with Crippen LogP contribution in [0.15, 0.2) is 40.8 Å². The van der Waals surface area contributed by atoms with Gasteiger partial charge < -0.3 is 9.57 Å². The molecule has 0 bridgehead atoms. The molecule has 10 heteroatoms. The van der Waals surface area contributed by atoms with Gasteiger partial charge >= 0.3 is 0 Å². The number of nitrogens with two attached hydrogens (primary N) is 1. The average molecular weight is 323 g/mol. The minimum atomic E-state index is -4.09. The van der Waals surface area contributed by atoms with E-state index in [0.29, 0.717) is 5.82 Å². The zero-order chi connectivity index (χ0) is 15.7. The van der Waals surface area contributed by atoms with Crippen molar-refractivity contribution in [3.05, 3.63) is 36.2 Å². The van der Waals surface area contributed by atoms with Gasteiger partial charge in [0, 0.05) is 6.20 Å². The van der Waals surface area contributed by atoms with Gasteiger partial charge in [-0.2, -0.15) is 5.10 Å². The minimum absolute atomic E-state index is 0.0185. The third kappa shape index (κ3) is 2.65. The quantitative estimate of drug-likeness (QED) is 0.849. The molecule has 9 nitrogen and oxygen atoms in total. The fourth-order valence-electron chi connectivity index (χ4n) is 1.96. The Morgan fingerprint density at radius 2 is 2.23 bits per heavy atom. The van der Waals surface area contributed by atoms with Crippen molar-refractivity contribution in [2.24, 2.45) is 10.3 Å². The lowest BCUT2D eigenvalue weighted by atomic mass is 10.3. The van der Waals surface area contributed by atoms with Crippen molar-refractivity contribution in [1.82, 2.24) is 14.8 Å². The molecular weight excluding hydrogens is 310 g/mol. The highest BCUT2D eigenvalue weighted by molar-refractivity contribution is 7.89. The molecular formula is C12H13N5O4S. The first-order chi connectivity index (χ1) is 10.5. The van der Waals surface area contributed by atoms with E-state index in [2.05, 4.69) is 15.2 Å². The van der Waals surface area contributed by atoms with Crippen molar-refractivity contribution >= 4 is 15.9 Å². The molecule has 1 atom stereocenters. The van der Waals surface area contributed by atoms with Crippen LogP contribution in [0.2, 0.25) is 0 Å². The van der Waals surface area contributed by atoms with Crippen molar-refractivity contribution in [1.29, 1.82) is 0 Å². The number of pyridine rings is 1. The van der Waals surface area contributed by atoms with Crippen LogP contribution >= 0.6 is 0 Å². The molecule has 0 aromatic carbocycles. The van der Waals surface area contributed by atoms with E-state index < -0.39 is 10.0 Å². The second kappa shape index (κ2) is 5.39. The Morgan fingerprint density at radius 3 is 2.86 bits per heavy atom. The molecule has 2 N–H and O–H groups in total. The number of aromatic nitrogens is 3. The Hall–Kier alpha value is -2.46. The van der Waals surface area contributed by atoms with E-state index in [0.717, 1.165) is 4.68 Å². The number of oxime groups is 1. The van der Waals surface area contributed by atoms with Gasteiger partial charge in [-0.1, -0.05) is 6.07 Å². The molecule has 1 aliphatic rings. The number of nitrogens with zero attached hydrogens (tertiary/aromatic N) is 4. The van der Waals surface area contributed by atoms with E-state index in [4.69, 9.17) is 14.7 Å². The minimum Gasteiger partial charge on any atom is -0.468 e. The predicted molar refractivity (Wildman–Crippen MR) is 75.8 cm³/mol. The number of hydrogen-bond acceptors (Lipinski definition) is 7. The number of rotatable bonds is 3. The van der Waals surface area contributed by atoms with Crippen LogP contribution in [-0.2, 0) is 19.6 Å². The summed E-state index contributed by atoms with van der Waals surface area (Å²) >= 11 is 0. The van der Waals surface area contributed by atoms with Crippen LogP contribution < -0.4 is 5.14 Å². The van der Waals surface area contributed by atoms with E-state index in [-0.39, 0.29) is 29.2 Å². The van der Waals surface area contributed by atoms with Crippen LogP contribution in [0.1, 0.15) is 12.5 Å². The van der Waals surface area contributed by atoms with Gasteiger partial charge in [0.2, 0.25) is 0 Å². The Morgan fingerprint density at radius 1 is 1.41 bits per heavy atom. The van der Waals surface area contributed by atoms with Crippen LogP contribution in [0.5, 0.6) is 0 Å². The topological polar surface area (TPSA) is 122 Å². The van der Waals surface area contributed by atoms with Crippen molar-refractivity contribution < 1.29 is 18.0 Å². The molecule has 0 saturated heterocycles. The third-order valence-corrected chi connectivity index (χ3v) is 3.79. The van der Waals surface area contributed by atoms with Gasteiger partial charge in [0.1, 0.15) is 6.10 Å². The zero-order valence-corrected chi connectivity index (χ0v) is 12.4. The molecule has 0 saturated carbocycles. The number of primary sulfonamides is 1. The summed E-state index contributed by atoms with van der Waals surface area (Å²) < 4.78 is 30.6. The molecule has 1 aliphatic heterocycles. The lowest BCUT2D eigenvalue weighted by Gasteiger charge is -2.19. The van der Waals surface area contributed by atoms with Gasteiger partial charge in [0.25, 0.3) is 15.9 Å². The molecule has 3 heterocycles. The van der Waals surface area contributed by atoms with Gasteiger partial charge in [0.05, 0.1) is 11.8 Å². The molecule has 116 valence electrons. The Kier molecular flexibility index (Phi) is 3.54. The molecule has 3 rings (SSSR count). The summed E-state index contributed by atoms with van der Waals surface area (Å²) in [7, 11) is -4.09. The highest BCUT2D eigenvalue weighted by Crippen LogP contribution is 2.21. The van der Waals surface area contributed by atoms with Crippen molar-refractivity contribution in [3.8, 4) is 5.82 Å². The van der Waals surface area contributed by atoms with Crippen molar-refractivity contribution in [3.63, 3.8) is 0 Å². The van der Waals surface area contributed by atoms with Gasteiger partial charge in [-0.25, -0.2) is 23.2 Å². The SMILES string of the molecule is CC1CON=C(c2cnn(-c3ccccn3)c2S(N)(=O)=O)O1.